The zero-order chi connectivity index (χ0) is 32.0. The van der Waals surface area contributed by atoms with E-state index >= 15 is 0 Å². The van der Waals surface area contributed by atoms with Crippen molar-refractivity contribution < 1.29 is 42.8 Å². The van der Waals surface area contributed by atoms with Gasteiger partial charge in [0.1, 0.15) is 12.4 Å². The van der Waals surface area contributed by atoms with Gasteiger partial charge in [0, 0.05) is 30.7 Å². The molecule has 1 fully saturated rings. The van der Waals surface area contributed by atoms with Crippen LogP contribution in [0.4, 0.5) is 0 Å². The highest BCUT2D eigenvalue weighted by molar-refractivity contribution is 6.12. The average Bonchev–Trinajstić information content (AvgIpc) is 2.98. The predicted octanol–water partition coefficient (Wildman–Crippen LogP) is 5.57. The Labute approximate surface area is 258 Å². The molecule has 1 aliphatic carbocycles. The fraction of sp³-hybridized carbons (Fsp3) is 0.471. The van der Waals surface area contributed by atoms with Gasteiger partial charge in [-0.25, -0.2) is 4.79 Å². The van der Waals surface area contributed by atoms with E-state index in [2.05, 4.69) is 0 Å². The molecule has 0 bridgehead atoms. The maximum atomic E-state index is 14.1. The van der Waals surface area contributed by atoms with Crippen molar-refractivity contribution in [2.24, 2.45) is 10.9 Å². The highest BCUT2D eigenvalue weighted by atomic mass is 16.6. The number of Topliss-reactive ketones (excluding diaryl/α,β-unsaturated/α-hetero) is 1. The number of hydrogen-bond donors (Lipinski definition) is 0. The second kappa shape index (κ2) is 14.5. The highest BCUT2D eigenvalue weighted by Gasteiger charge is 2.46. The van der Waals surface area contributed by atoms with Crippen molar-refractivity contribution >= 4 is 23.4 Å². The molecule has 44 heavy (non-hydrogen) atoms. The zero-order valence-corrected chi connectivity index (χ0v) is 26.4. The predicted molar refractivity (Wildman–Crippen MR) is 164 cm³/mol. The van der Waals surface area contributed by atoms with Crippen molar-refractivity contribution in [2.45, 2.75) is 65.4 Å². The second-order valence-corrected chi connectivity index (χ2v) is 11.0. The van der Waals surface area contributed by atoms with Crippen molar-refractivity contribution in [3.05, 3.63) is 58.8 Å². The van der Waals surface area contributed by atoms with Crippen LogP contribution in [-0.2, 0) is 23.9 Å². The molecule has 0 amide bonds. The average molecular weight is 608 g/mol. The number of fused-ring (bicyclic) bond motifs is 1. The molecule has 0 spiro atoms. The van der Waals surface area contributed by atoms with Gasteiger partial charge in [0.15, 0.2) is 23.0 Å². The van der Waals surface area contributed by atoms with Crippen molar-refractivity contribution in [1.82, 2.24) is 0 Å². The van der Waals surface area contributed by atoms with Crippen molar-refractivity contribution in [3.63, 3.8) is 0 Å². The first-order valence-electron chi connectivity index (χ1n) is 14.8. The summed E-state index contributed by atoms with van der Waals surface area (Å²) in [6, 6.07) is 10.8. The summed E-state index contributed by atoms with van der Waals surface area (Å²) in [5.41, 5.74) is 3.09. The van der Waals surface area contributed by atoms with E-state index in [4.69, 9.17) is 33.4 Å². The van der Waals surface area contributed by atoms with Crippen LogP contribution < -0.4 is 18.9 Å². The van der Waals surface area contributed by atoms with Gasteiger partial charge in [-0.3, -0.25) is 14.6 Å². The molecule has 1 heterocycles. The second-order valence-electron chi connectivity index (χ2n) is 11.0. The van der Waals surface area contributed by atoms with Crippen molar-refractivity contribution in [2.75, 3.05) is 34.0 Å². The number of hydrogen-bond acceptors (Lipinski definition) is 10. The Bertz CT molecular complexity index is 1460. The smallest absolute Gasteiger partial charge is 0.336 e. The maximum Gasteiger partial charge on any atom is 0.336 e. The number of allylic oxidation sites excluding steroid dienone is 1. The Hall–Kier alpha value is -4.18. The minimum atomic E-state index is -0.682. The number of ether oxygens (including phenoxy) is 6. The third-order valence-corrected chi connectivity index (χ3v) is 7.70. The lowest BCUT2D eigenvalue weighted by Crippen LogP contribution is -2.41. The molecule has 236 valence electrons. The molecular formula is C34H41NO9. The van der Waals surface area contributed by atoms with E-state index in [0.717, 1.165) is 5.56 Å². The SMILES string of the molecule is CCOc1cc([C@@H]2C(C(=O)OCCOC(C)C)=C(C)N=C3C[C@@H](c4ccc(OC)c(OC)c4)CC(=O)C32)ccc1OC(C)=O. The van der Waals surface area contributed by atoms with Gasteiger partial charge in [-0.15, -0.1) is 0 Å². The molecule has 0 N–H and O–H groups in total. The minimum absolute atomic E-state index is 0.00422. The van der Waals surface area contributed by atoms with Crippen LogP contribution in [0.25, 0.3) is 0 Å². The van der Waals surface area contributed by atoms with Crippen LogP contribution in [0, 0.1) is 5.92 Å². The molecule has 4 rings (SSSR count). The highest BCUT2D eigenvalue weighted by Crippen LogP contribution is 2.48. The van der Waals surface area contributed by atoms with Crippen molar-refractivity contribution in [1.29, 1.82) is 0 Å². The van der Waals surface area contributed by atoms with E-state index in [1.54, 1.807) is 39.3 Å². The third-order valence-electron chi connectivity index (χ3n) is 7.70. The summed E-state index contributed by atoms with van der Waals surface area (Å²) in [4.78, 5) is 44.3. The number of carbonyl (C=O) groups excluding carboxylic acids is 3. The standard InChI is InChI=1S/C34H41NO9/c1-8-41-30-18-23(10-12-28(30)44-21(5)36)32-31(34(38)43-14-13-42-19(2)3)20(4)35-25-15-24(16-26(37)33(25)32)22-9-11-27(39-6)29(17-22)40-7/h9-12,17-19,24,32-33H,8,13-16H2,1-7H3/t24-,32-,33?/m1/s1. The van der Waals surface area contributed by atoms with E-state index in [1.807, 2.05) is 39.0 Å². The third kappa shape index (κ3) is 7.30. The zero-order valence-electron chi connectivity index (χ0n) is 26.4. The summed E-state index contributed by atoms with van der Waals surface area (Å²) < 4.78 is 33.2. The fourth-order valence-corrected chi connectivity index (χ4v) is 5.87. The van der Waals surface area contributed by atoms with Gasteiger partial charge in [-0.1, -0.05) is 12.1 Å². The van der Waals surface area contributed by atoms with Crippen molar-refractivity contribution in [3.8, 4) is 23.0 Å². The Morgan fingerprint density at radius 3 is 2.25 bits per heavy atom. The summed E-state index contributed by atoms with van der Waals surface area (Å²) >= 11 is 0. The van der Waals surface area contributed by atoms with E-state index in [9.17, 15) is 14.4 Å². The first-order valence-corrected chi connectivity index (χ1v) is 14.8. The van der Waals surface area contributed by atoms with Gasteiger partial charge in [0.25, 0.3) is 0 Å². The lowest BCUT2D eigenvalue weighted by atomic mass is 9.66. The summed E-state index contributed by atoms with van der Waals surface area (Å²) in [6.07, 6.45) is 0.771. The molecule has 2 aliphatic rings. The van der Waals surface area contributed by atoms with Crippen LogP contribution in [0.1, 0.15) is 70.4 Å². The number of methoxy groups -OCH3 is 2. The van der Waals surface area contributed by atoms with Crippen LogP contribution >= 0.6 is 0 Å². The molecule has 3 atom stereocenters. The van der Waals surface area contributed by atoms with Gasteiger partial charge < -0.3 is 28.4 Å². The minimum Gasteiger partial charge on any atom is -0.493 e. The molecule has 0 saturated heterocycles. The molecule has 10 heteroatoms. The molecule has 1 saturated carbocycles. The van der Waals surface area contributed by atoms with Gasteiger partial charge in [0.2, 0.25) is 0 Å². The van der Waals surface area contributed by atoms with Gasteiger partial charge in [0.05, 0.1) is 45.0 Å². The molecular weight excluding hydrogens is 566 g/mol. The molecule has 0 radical (unpaired) electrons. The van der Waals surface area contributed by atoms with Crippen LogP contribution in [0.3, 0.4) is 0 Å². The number of ketones is 1. The number of benzene rings is 2. The normalized spacial score (nSPS) is 19.7. The van der Waals surface area contributed by atoms with Gasteiger partial charge in [-0.05, 0) is 75.4 Å². The number of carbonyl (C=O) groups is 3. The molecule has 1 aliphatic heterocycles. The Morgan fingerprint density at radius 2 is 1.59 bits per heavy atom. The number of aliphatic imine (C=N–C) groups is 1. The molecule has 2 aromatic rings. The summed E-state index contributed by atoms with van der Waals surface area (Å²) in [5, 5.41) is 0. The fourth-order valence-electron chi connectivity index (χ4n) is 5.87. The number of rotatable bonds is 12. The lowest BCUT2D eigenvalue weighted by Gasteiger charge is -2.38. The number of nitrogens with zero attached hydrogens (tertiary/aromatic N) is 1. The monoisotopic (exact) mass is 607 g/mol. The van der Waals surface area contributed by atoms with Gasteiger partial charge >= 0.3 is 11.9 Å². The molecule has 0 aromatic heterocycles. The molecule has 1 unspecified atom stereocenters. The van der Waals surface area contributed by atoms with Crippen LogP contribution in [0.15, 0.2) is 52.7 Å². The lowest BCUT2D eigenvalue weighted by molar-refractivity contribution is -0.141. The number of esters is 2. The van der Waals surface area contributed by atoms with E-state index in [0.29, 0.717) is 52.8 Å². The Morgan fingerprint density at radius 1 is 0.909 bits per heavy atom. The summed E-state index contributed by atoms with van der Waals surface area (Å²) in [5.74, 6) is -0.781. The van der Waals surface area contributed by atoms with E-state index < -0.39 is 23.8 Å². The molecule has 10 nitrogen and oxygen atoms in total. The summed E-state index contributed by atoms with van der Waals surface area (Å²) in [6.45, 7) is 9.33. The topological polar surface area (TPSA) is 119 Å². The maximum absolute atomic E-state index is 14.1. The van der Waals surface area contributed by atoms with Crippen LogP contribution in [0.2, 0.25) is 0 Å². The largest absolute Gasteiger partial charge is 0.493 e. The first-order chi connectivity index (χ1) is 21.1. The first kappa shape index (κ1) is 32.7. The van der Waals surface area contributed by atoms with E-state index in [-0.39, 0.29) is 43.2 Å². The van der Waals surface area contributed by atoms with Crippen LogP contribution in [0.5, 0.6) is 23.0 Å². The Balaban J connectivity index is 1.76. The van der Waals surface area contributed by atoms with Crippen LogP contribution in [-0.4, -0.2) is 63.6 Å². The summed E-state index contributed by atoms with van der Waals surface area (Å²) in [7, 11) is 3.15. The van der Waals surface area contributed by atoms with E-state index in [1.165, 1.54) is 6.92 Å². The Kier molecular flexibility index (Phi) is 10.8. The van der Waals surface area contributed by atoms with Gasteiger partial charge in [-0.2, -0.15) is 0 Å². The molecule has 2 aromatic carbocycles. The quantitative estimate of drug-likeness (QED) is 0.173.